The highest BCUT2D eigenvalue weighted by Crippen LogP contribution is 2.35. The highest BCUT2D eigenvalue weighted by Gasteiger charge is 2.32. The van der Waals surface area contributed by atoms with E-state index >= 15 is 0 Å². The van der Waals surface area contributed by atoms with Gasteiger partial charge in [0.05, 0.1) is 5.69 Å². The number of fused-ring (bicyclic) bond motifs is 1. The Labute approximate surface area is 177 Å². The summed E-state index contributed by atoms with van der Waals surface area (Å²) in [4.78, 5) is 27.5. The number of para-hydroxylation sites is 2. The number of rotatable bonds is 4. The van der Waals surface area contributed by atoms with Crippen molar-refractivity contribution in [3.05, 3.63) is 65.9 Å². The number of anilines is 1. The second kappa shape index (κ2) is 9.61. The van der Waals surface area contributed by atoms with Crippen molar-refractivity contribution in [2.75, 3.05) is 11.4 Å². The predicted molar refractivity (Wildman–Crippen MR) is 118 cm³/mol. The van der Waals surface area contributed by atoms with Gasteiger partial charge in [0, 0.05) is 6.04 Å². The lowest BCUT2D eigenvalue weighted by molar-refractivity contribution is -0.124. The summed E-state index contributed by atoms with van der Waals surface area (Å²) in [5.74, 6) is 0.381. The molecule has 30 heavy (non-hydrogen) atoms. The fraction of sp³-hybridized carbons (Fsp3) is 0.360. The molecular weight excluding hydrogens is 376 g/mol. The van der Waals surface area contributed by atoms with Crippen molar-refractivity contribution < 1.29 is 14.3 Å². The molecule has 5 nitrogen and oxygen atoms in total. The van der Waals surface area contributed by atoms with Gasteiger partial charge in [-0.1, -0.05) is 74.6 Å². The molecule has 0 aromatic heterocycles. The largest absolute Gasteiger partial charge is 0.449 e. The summed E-state index contributed by atoms with van der Waals surface area (Å²) in [5, 5.41) is 3.16. The zero-order valence-electron chi connectivity index (χ0n) is 17.2. The minimum atomic E-state index is -0.301. The highest BCUT2D eigenvalue weighted by molar-refractivity contribution is 6.12. The van der Waals surface area contributed by atoms with Crippen LogP contribution in [0.1, 0.15) is 50.5 Å². The van der Waals surface area contributed by atoms with Crippen molar-refractivity contribution in [1.29, 1.82) is 0 Å². The predicted octanol–water partition coefficient (Wildman–Crippen LogP) is 4.68. The maximum atomic E-state index is 13.2. The Hall–Kier alpha value is -3.08. The fourth-order valence-corrected chi connectivity index (χ4v) is 4.14. The van der Waals surface area contributed by atoms with Crippen LogP contribution in [-0.4, -0.2) is 24.4 Å². The van der Waals surface area contributed by atoms with Gasteiger partial charge in [-0.2, -0.15) is 0 Å². The molecule has 2 amide bonds. The van der Waals surface area contributed by atoms with Gasteiger partial charge < -0.3 is 10.1 Å². The summed E-state index contributed by atoms with van der Waals surface area (Å²) in [6.07, 6.45) is 9.79. The molecule has 1 fully saturated rings. The number of nitrogens with one attached hydrogen (secondary N) is 1. The molecule has 2 aromatic carbocycles. The van der Waals surface area contributed by atoms with E-state index in [-0.39, 0.29) is 30.2 Å². The van der Waals surface area contributed by atoms with Crippen molar-refractivity contribution in [3.8, 4) is 5.75 Å². The van der Waals surface area contributed by atoms with Gasteiger partial charge in [0.15, 0.2) is 11.5 Å². The van der Waals surface area contributed by atoms with Crippen LogP contribution in [0.25, 0.3) is 6.08 Å². The molecule has 0 radical (unpaired) electrons. The summed E-state index contributed by atoms with van der Waals surface area (Å²) in [6.45, 7) is -0.0121. The molecule has 156 valence electrons. The van der Waals surface area contributed by atoms with Crippen LogP contribution in [0.5, 0.6) is 5.75 Å². The van der Waals surface area contributed by atoms with Crippen molar-refractivity contribution >= 4 is 23.6 Å². The maximum absolute atomic E-state index is 13.2. The third kappa shape index (κ3) is 4.90. The SMILES string of the molecule is O=C(CN1C(=O)C(=Cc2ccccc2)Oc2ccccc21)NC1CCCCCCC1. The molecule has 0 bridgehead atoms. The smallest absolute Gasteiger partial charge is 0.294 e. The first-order valence-electron chi connectivity index (χ1n) is 10.9. The van der Waals surface area contributed by atoms with Crippen LogP contribution < -0.4 is 15.0 Å². The summed E-state index contributed by atoms with van der Waals surface area (Å²) < 4.78 is 5.88. The van der Waals surface area contributed by atoms with E-state index in [0.29, 0.717) is 11.4 Å². The Balaban J connectivity index is 1.52. The Kier molecular flexibility index (Phi) is 6.47. The van der Waals surface area contributed by atoms with Gasteiger partial charge in [-0.25, -0.2) is 0 Å². The first kappa shape index (κ1) is 20.2. The first-order chi connectivity index (χ1) is 14.7. The third-order valence-corrected chi connectivity index (χ3v) is 5.70. The van der Waals surface area contributed by atoms with Crippen LogP contribution in [0.3, 0.4) is 0 Å². The molecule has 1 saturated carbocycles. The number of hydrogen-bond acceptors (Lipinski definition) is 3. The molecule has 0 unspecified atom stereocenters. The lowest BCUT2D eigenvalue weighted by atomic mass is 9.97. The van der Waals surface area contributed by atoms with Crippen LogP contribution in [0.2, 0.25) is 0 Å². The van der Waals surface area contributed by atoms with E-state index in [9.17, 15) is 9.59 Å². The van der Waals surface area contributed by atoms with E-state index in [4.69, 9.17) is 4.74 Å². The summed E-state index contributed by atoms with van der Waals surface area (Å²) >= 11 is 0. The molecule has 1 heterocycles. The second-order valence-corrected chi connectivity index (χ2v) is 7.99. The second-order valence-electron chi connectivity index (χ2n) is 7.99. The molecule has 2 aliphatic rings. The normalized spacial score (nSPS) is 18.9. The molecule has 0 saturated heterocycles. The van der Waals surface area contributed by atoms with Gasteiger partial charge >= 0.3 is 0 Å². The number of ether oxygens (including phenoxy) is 1. The van der Waals surface area contributed by atoms with E-state index in [1.54, 1.807) is 6.08 Å². The van der Waals surface area contributed by atoms with Crippen LogP contribution in [0, 0.1) is 0 Å². The zero-order chi connectivity index (χ0) is 20.8. The zero-order valence-corrected chi connectivity index (χ0v) is 17.2. The number of hydrogen-bond donors (Lipinski definition) is 1. The summed E-state index contributed by atoms with van der Waals surface area (Å²) in [5.41, 5.74) is 1.50. The average Bonchev–Trinajstić information content (AvgIpc) is 2.74. The van der Waals surface area contributed by atoms with Crippen molar-refractivity contribution in [1.82, 2.24) is 5.32 Å². The highest BCUT2D eigenvalue weighted by atomic mass is 16.5. The maximum Gasteiger partial charge on any atom is 0.294 e. The number of nitrogens with zero attached hydrogens (tertiary/aromatic N) is 1. The van der Waals surface area contributed by atoms with Crippen LogP contribution in [0.15, 0.2) is 60.4 Å². The van der Waals surface area contributed by atoms with Crippen molar-refractivity contribution in [2.45, 2.75) is 51.0 Å². The van der Waals surface area contributed by atoms with Gasteiger partial charge in [-0.3, -0.25) is 14.5 Å². The molecule has 1 aliphatic heterocycles. The van der Waals surface area contributed by atoms with Gasteiger partial charge in [0.2, 0.25) is 5.91 Å². The molecule has 1 N–H and O–H groups in total. The van der Waals surface area contributed by atoms with Crippen LogP contribution in [-0.2, 0) is 9.59 Å². The monoisotopic (exact) mass is 404 g/mol. The summed E-state index contributed by atoms with van der Waals surface area (Å²) in [6, 6.07) is 17.1. The fourth-order valence-electron chi connectivity index (χ4n) is 4.14. The molecule has 2 aromatic rings. The molecule has 0 spiro atoms. The quantitative estimate of drug-likeness (QED) is 0.753. The summed E-state index contributed by atoms with van der Waals surface area (Å²) in [7, 11) is 0. The molecular formula is C25H28N2O3. The third-order valence-electron chi connectivity index (χ3n) is 5.70. The minimum absolute atomic E-state index is 0.0121. The standard InChI is InChI=1S/C25H28N2O3/c28-24(26-20-13-7-2-1-3-8-14-20)18-27-21-15-9-10-16-22(21)30-23(25(27)29)17-19-11-5-4-6-12-19/h4-6,9-12,15-17,20H,1-3,7-8,13-14,18H2,(H,26,28). The van der Waals surface area contributed by atoms with Gasteiger partial charge in [0.25, 0.3) is 5.91 Å². The Morgan fingerprint density at radius 2 is 1.63 bits per heavy atom. The topological polar surface area (TPSA) is 58.6 Å². The van der Waals surface area contributed by atoms with Gasteiger partial charge in [0.1, 0.15) is 6.54 Å². The molecule has 4 rings (SSSR count). The molecule has 5 heteroatoms. The van der Waals surface area contributed by atoms with Crippen molar-refractivity contribution in [2.24, 2.45) is 0 Å². The van der Waals surface area contributed by atoms with Crippen molar-refractivity contribution in [3.63, 3.8) is 0 Å². The number of carbonyl (C=O) groups is 2. The van der Waals surface area contributed by atoms with Crippen LogP contribution in [0.4, 0.5) is 5.69 Å². The average molecular weight is 405 g/mol. The lowest BCUT2D eigenvalue weighted by Gasteiger charge is -2.30. The molecule has 0 atom stereocenters. The molecule has 1 aliphatic carbocycles. The number of benzene rings is 2. The van der Waals surface area contributed by atoms with E-state index in [1.165, 1.54) is 24.2 Å². The number of amides is 2. The van der Waals surface area contributed by atoms with Gasteiger partial charge in [-0.05, 0) is 36.6 Å². The Bertz CT molecular complexity index is 915. The van der Waals surface area contributed by atoms with E-state index < -0.39 is 0 Å². The van der Waals surface area contributed by atoms with E-state index in [2.05, 4.69) is 5.32 Å². The first-order valence-corrected chi connectivity index (χ1v) is 10.9. The van der Waals surface area contributed by atoms with E-state index in [0.717, 1.165) is 31.2 Å². The Morgan fingerprint density at radius 1 is 0.967 bits per heavy atom. The number of carbonyl (C=O) groups excluding carboxylic acids is 2. The lowest BCUT2D eigenvalue weighted by Crippen LogP contribution is -2.46. The van der Waals surface area contributed by atoms with Crippen LogP contribution >= 0.6 is 0 Å². The van der Waals surface area contributed by atoms with Gasteiger partial charge in [-0.15, -0.1) is 0 Å². The Morgan fingerprint density at radius 3 is 2.40 bits per heavy atom. The van der Waals surface area contributed by atoms with E-state index in [1.807, 2.05) is 54.6 Å². The minimum Gasteiger partial charge on any atom is -0.449 e.